The van der Waals surface area contributed by atoms with Gasteiger partial charge in [-0.05, 0) is 55.9 Å². The van der Waals surface area contributed by atoms with Gasteiger partial charge >= 0.3 is 0 Å². The molecule has 0 spiro atoms. The van der Waals surface area contributed by atoms with Gasteiger partial charge in [0.1, 0.15) is 36.1 Å². The molecule has 0 radical (unpaired) electrons. The lowest BCUT2D eigenvalue weighted by Crippen LogP contribution is -2.44. The molecule has 1 saturated heterocycles. The Kier molecular flexibility index (Phi) is 10.0. The minimum Gasteiger partial charge on any atom is -0.492 e. The number of hydrogen-bond donors (Lipinski definition) is 2. The van der Waals surface area contributed by atoms with Crippen LogP contribution in [0, 0.1) is 5.82 Å². The monoisotopic (exact) mass is 604 g/mol. The third-order valence-corrected chi connectivity index (χ3v) is 7.30. The van der Waals surface area contributed by atoms with Crippen molar-refractivity contribution in [2.24, 2.45) is 0 Å². The summed E-state index contributed by atoms with van der Waals surface area (Å²) >= 11 is 6.50. The normalized spacial score (nSPS) is 14.2. The number of piperazine rings is 1. The van der Waals surface area contributed by atoms with E-state index >= 15 is 0 Å². The van der Waals surface area contributed by atoms with Crippen molar-refractivity contribution in [1.29, 1.82) is 0 Å². The lowest BCUT2D eigenvalue weighted by Gasteiger charge is -2.31. The number of nitrogens with one attached hydrogen (secondary N) is 2. The molecule has 9 nitrogen and oxygen atoms in total. The molecule has 1 fully saturated rings. The number of carbonyl (C=O) groups excluding carboxylic acids is 1. The predicted octanol–water partition coefficient (Wildman–Crippen LogP) is 5.89. The van der Waals surface area contributed by atoms with Crippen molar-refractivity contribution >= 4 is 45.6 Å². The van der Waals surface area contributed by atoms with E-state index in [0.29, 0.717) is 56.8 Å². The number of benzene rings is 3. The van der Waals surface area contributed by atoms with Gasteiger partial charge in [-0.3, -0.25) is 9.69 Å². The lowest BCUT2D eigenvalue weighted by atomic mass is 10.1. The molecular weight excluding hydrogens is 571 g/mol. The van der Waals surface area contributed by atoms with Gasteiger partial charge in [-0.1, -0.05) is 29.8 Å². The summed E-state index contributed by atoms with van der Waals surface area (Å²) in [7, 11) is 2.12. The van der Waals surface area contributed by atoms with Gasteiger partial charge in [0.25, 0.3) is 0 Å². The van der Waals surface area contributed by atoms with Crippen molar-refractivity contribution < 1.29 is 18.7 Å². The average molecular weight is 605 g/mol. The van der Waals surface area contributed by atoms with E-state index in [4.69, 9.17) is 21.1 Å². The van der Waals surface area contributed by atoms with Crippen molar-refractivity contribution in [3.05, 3.63) is 89.5 Å². The molecule has 1 amide bonds. The number of anilines is 3. The van der Waals surface area contributed by atoms with Crippen LogP contribution >= 0.6 is 11.6 Å². The van der Waals surface area contributed by atoms with Crippen molar-refractivity contribution in [2.45, 2.75) is 13.5 Å². The van der Waals surface area contributed by atoms with Gasteiger partial charge in [0.15, 0.2) is 0 Å². The number of carbonyl (C=O) groups is 1. The maximum atomic E-state index is 13.5. The number of halogens is 2. The topological polar surface area (TPSA) is 91.8 Å². The van der Waals surface area contributed by atoms with Crippen molar-refractivity contribution in [1.82, 2.24) is 19.8 Å². The van der Waals surface area contributed by atoms with Crippen molar-refractivity contribution in [3.63, 3.8) is 0 Å². The molecule has 3 aromatic carbocycles. The molecular formula is C32H34ClFN6O3. The maximum Gasteiger partial charge on any atom is 0.248 e. The molecule has 1 aromatic heterocycles. The first-order valence-electron chi connectivity index (χ1n) is 14.1. The van der Waals surface area contributed by atoms with Gasteiger partial charge in [-0.2, -0.15) is 0 Å². The van der Waals surface area contributed by atoms with Crippen molar-refractivity contribution in [3.8, 4) is 11.5 Å². The summed E-state index contributed by atoms with van der Waals surface area (Å²) in [5, 5.41) is 7.30. The zero-order chi connectivity index (χ0) is 30.2. The average Bonchev–Trinajstić information content (AvgIpc) is 2.98. The zero-order valence-electron chi connectivity index (χ0n) is 24.1. The number of aromatic nitrogens is 2. The Morgan fingerprint density at radius 2 is 1.88 bits per heavy atom. The zero-order valence-corrected chi connectivity index (χ0v) is 24.9. The largest absolute Gasteiger partial charge is 0.492 e. The molecule has 0 atom stereocenters. The Bertz CT molecular complexity index is 1610. The fraction of sp³-hybridized carbons (Fsp3) is 0.281. The number of likely N-dealkylation sites (N-methyl/N-ethyl adjacent to an activating group) is 1. The molecule has 2 N–H and O–H groups in total. The summed E-state index contributed by atoms with van der Waals surface area (Å²) in [5.41, 5.74) is 2.53. The Morgan fingerprint density at radius 3 is 2.65 bits per heavy atom. The van der Waals surface area contributed by atoms with Crippen LogP contribution in [0.4, 0.5) is 21.6 Å². The molecule has 224 valence electrons. The molecule has 1 aliphatic heterocycles. The van der Waals surface area contributed by atoms with Crippen LogP contribution in [-0.2, 0) is 11.4 Å². The number of fused-ring (bicyclic) bond motifs is 1. The highest BCUT2D eigenvalue weighted by atomic mass is 35.5. The second-order valence-electron chi connectivity index (χ2n) is 10.2. The van der Waals surface area contributed by atoms with Crippen LogP contribution in [-0.4, -0.2) is 72.1 Å². The first-order valence-corrected chi connectivity index (χ1v) is 14.5. The SMILES string of the molecule is CCOc1cc2ncnc(Nc3ccc(OCc4cccc(F)c4)c(Cl)c3)c2cc1NC(=O)C=CCN1CCN(C)CC1. The molecule has 0 saturated carbocycles. The molecule has 0 bridgehead atoms. The van der Waals surface area contributed by atoms with Crippen LogP contribution in [0.3, 0.4) is 0 Å². The summed E-state index contributed by atoms with van der Waals surface area (Å²) < 4.78 is 25.1. The number of hydrogen-bond acceptors (Lipinski definition) is 8. The number of ether oxygens (including phenoxy) is 2. The maximum absolute atomic E-state index is 13.5. The summed E-state index contributed by atoms with van der Waals surface area (Å²) in [4.78, 5) is 26.3. The van der Waals surface area contributed by atoms with Crippen LogP contribution < -0.4 is 20.1 Å². The van der Waals surface area contributed by atoms with Gasteiger partial charge in [-0.25, -0.2) is 14.4 Å². The summed E-state index contributed by atoms with van der Waals surface area (Å²) in [5.74, 6) is 0.942. The van der Waals surface area contributed by atoms with Crippen molar-refractivity contribution in [2.75, 3.05) is 57.0 Å². The van der Waals surface area contributed by atoms with Crippen LogP contribution in [0.2, 0.25) is 5.02 Å². The molecule has 43 heavy (non-hydrogen) atoms. The van der Waals surface area contributed by atoms with E-state index in [2.05, 4.69) is 37.4 Å². The van der Waals surface area contributed by atoms with Gasteiger partial charge in [-0.15, -0.1) is 0 Å². The minimum absolute atomic E-state index is 0.183. The Balaban J connectivity index is 1.30. The highest BCUT2D eigenvalue weighted by molar-refractivity contribution is 6.32. The number of nitrogens with zero attached hydrogens (tertiary/aromatic N) is 4. The fourth-order valence-electron chi connectivity index (χ4n) is 4.69. The van der Waals surface area contributed by atoms with E-state index in [1.54, 1.807) is 42.5 Å². The van der Waals surface area contributed by atoms with E-state index in [1.165, 1.54) is 18.5 Å². The highest BCUT2D eigenvalue weighted by Crippen LogP contribution is 2.35. The lowest BCUT2D eigenvalue weighted by molar-refractivity contribution is -0.111. The number of amides is 1. The molecule has 0 unspecified atom stereocenters. The first-order chi connectivity index (χ1) is 20.9. The summed E-state index contributed by atoms with van der Waals surface area (Å²) in [6.07, 6.45) is 4.89. The third-order valence-electron chi connectivity index (χ3n) is 7.00. The second-order valence-corrected chi connectivity index (χ2v) is 10.6. The predicted molar refractivity (Wildman–Crippen MR) is 168 cm³/mol. The molecule has 1 aliphatic rings. The van der Waals surface area contributed by atoms with Gasteiger partial charge in [0.05, 0.1) is 22.8 Å². The Labute approximate surface area is 255 Å². The number of rotatable bonds is 11. The minimum atomic E-state index is -0.322. The van der Waals surface area contributed by atoms with Gasteiger partial charge < -0.3 is 25.0 Å². The van der Waals surface area contributed by atoms with Crippen LogP contribution in [0.5, 0.6) is 11.5 Å². The van der Waals surface area contributed by atoms with E-state index in [9.17, 15) is 9.18 Å². The summed E-state index contributed by atoms with van der Waals surface area (Å²) in [6.45, 7) is 7.21. The van der Waals surface area contributed by atoms with Crippen LogP contribution in [0.25, 0.3) is 10.9 Å². The fourth-order valence-corrected chi connectivity index (χ4v) is 4.93. The quantitative estimate of drug-likeness (QED) is 0.205. The standard InChI is InChI=1S/C32H34ClFN6O3/c1-3-42-30-19-27-25(18-28(30)38-31(41)8-5-11-40-14-12-39(2)13-15-40)32(36-21-35-27)37-24-9-10-29(26(33)17-24)43-20-22-6-4-7-23(34)16-22/h4-10,16-19,21H,3,11-15,20H2,1-2H3,(H,38,41)(H,35,36,37). The molecule has 4 aromatic rings. The Hall–Kier alpha value is -4.25. The first kappa shape index (κ1) is 30.2. The molecule has 2 heterocycles. The van der Waals surface area contributed by atoms with Crippen LogP contribution in [0.15, 0.2) is 73.1 Å². The van der Waals surface area contributed by atoms with E-state index in [1.807, 2.05) is 19.1 Å². The summed E-state index contributed by atoms with van der Waals surface area (Å²) in [6, 6.07) is 15.1. The third kappa shape index (κ3) is 8.19. The molecule has 5 rings (SSSR count). The smallest absolute Gasteiger partial charge is 0.248 e. The van der Waals surface area contributed by atoms with Gasteiger partial charge in [0.2, 0.25) is 5.91 Å². The highest BCUT2D eigenvalue weighted by Gasteiger charge is 2.15. The Morgan fingerprint density at radius 1 is 1.05 bits per heavy atom. The second kappa shape index (κ2) is 14.3. The van der Waals surface area contributed by atoms with E-state index in [0.717, 1.165) is 32.7 Å². The molecule has 0 aliphatic carbocycles. The van der Waals surface area contributed by atoms with E-state index < -0.39 is 0 Å². The molecule has 11 heteroatoms. The van der Waals surface area contributed by atoms with E-state index in [-0.39, 0.29) is 18.3 Å². The van der Waals surface area contributed by atoms with Crippen LogP contribution in [0.1, 0.15) is 12.5 Å². The van der Waals surface area contributed by atoms with Gasteiger partial charge in [0, 0.05) is 55.9 Å².